The Morgan fingerprint density at radius 1 is 1.56 bits per heavy atom. The molecular formula is C12H19NO2S. The van der Waals surface area contributed by atoms with Crippen molar-refractivity contribution in [3.63, 3.8) is 0 Å². The van der Waals surface area contributed by atoms with E-state index in [0.717, 1.165) is 6.54 Å². The summed E-state index contributed by atoms with van der Waals surface area (Å²) in [5.74, 6) is 0.132. The van der Waals surface area contributed by atoms with Crippen LogP contribution < -0.4 is 0 Å². The van der Waals surface area contributed by atoms with Crippen LogP contribution in [0.3, 0.4) is 0 Å². The normalized spacial score (nSPS) is 11.3. The molecule has 1 aromatic heterocycles. The van der Waals surface area contributed by atoms with Crippen molar-refractivity contribution in [1.82, 2.24) is 4.90 Å². The monoisotopic (exact) mass is 241 g/mol. The lowest BCUT2D eigenvalue weighted by Crippen LogP contribution is -2.36. The number of rotatable bonds is 7. The molecule has 16 heavy (non-hydrogen) atoms. The molecule has 0 aliphatic rings. The Balaban J connectivity index is 2.51. The third-order valence-corrected chi connectivity index (χ3v) is 3.22. The van der Waals surface area contributed by atoms with Crippen LogP contribution >= 0.6 is 11.3 Å². The second kappa shape index (κ2) is 6.78. The molecular weight excluding hydrogens is 222 g/mol. The first-order valence-electron chi connectivity index (χ1n) is 5.40. The van der Waals surface area contributed by atoms with Crippen LogP contribution in [0.1, 0.15) is 18.7 Å². The summed E-state index contributed by atoms with van der Waals surface area (Å²) in [4.78, 5) is 15.0. The molecule has 4 heteroatoms. The Hall–Kier alpha value is -0.710. The molecule has 0 aromatic carbocycles. The molecule has 90 valence electrons. The molecule has 0 unspecified atom stereocenters. The Labute approximate surface area is 101 Å². The van der Waals surface area contributed by atoms with Crippen LogP contribution in [0.15, 0.2) is 17.5 Å². The summed E-state index contributed by atoms with van der Waals surface area (Å²) in [6, 6.07) is 4.50. The molecule has 0 aliphatic heterocycles. The molecule has 0 saturated carbocycles. The van der Waals surface area contributed by atoms with Crippen LogP contribution in [0, 0.1) is 0 Å². The van der Waals surface area contributed by atoms with Gasteiger partial charge in [0.05, 0.1) is 6.54 Å². The molecule has 1 aromatic rings. The second-order valence-corrected chi connectivity index (χ2v) is 5.08. The van der Waals surface area contributed by atoms with Gasteiger partial charge in [-0.3, -0.25) is 9.69 Å². The largest absolute Gasteiger partial charge is 0.377 e. The second-order valence-electron chi connectivity index (χ2n) is 4.05. The zero-order valence-corrected chi connectivity index (χ0v) is 10.9. The number of hydrogen-bond donors (Lipinski definition) is 0. The van der Waals surface area contributed by atoms with Crippen LogP contribution in [-0.4, -0.2) is 37.0 Å². The molecule has 0 N–H and O–H groups in total. The maximum Gasteiger partial charge on any atom is 0.172 e. The first-order chi connectivity index (χ1) is 7.63. The maximum absolute atomic E-state index is 11.5. The average molecular weight is 241 g/mol. The smallest absolute Gasteiger partial charge is 0.172 e. The van der Waals surface area contributed by atoms with E-state index in [1.54, 1.807) is 18.4 Å². The fourth-order valence-electron chi connectivity index (χ4n) is 1.46. The lowest BCUT2D eigenvalue weighted by atomic mass is 10.2. The third-order valence-electron chi connectivity index (χ3n) is 2.35. The van der Waals surface area contributed by atoms with Gasteiger partial charge in [0.15, 0.2) is 5.78 Å². The van der Waals surface area contributed by atoms with E-state index < -0.39 is 0 Å². The number of ether oxygens (including phenoxy) is 1. The zero-order chi connectivity index (χ0) is 12.0. The van der Waals surface area contributed by atoms with Gasteiger partial charge in [0.1, 0.15) is 6.61 Å². The van der Waals surface area contributed by atoms with Crippen LogP contribution in [0.25, 0.3) is 0 Å². The van der Waals surface area contributed by atoms with E-state index in [1.807, 2.05) is 6.07 Å². The van der Waals surface area contributed by atoms with E-state index in [2.05, 4.69) is 30.2 Å². The van der Waals surface area contributed by atoms with Crippen molar-refractivity contribution in [2.75, 3.05) is 20.3 Å². The fourth-order valence-corrected chi connectivity index (χ4v) is 2.19. The number of carbonyl (C=O) groups is 1. The Kier molecular flexibility index (Phi) is 5.66. The van der Waals surface area contributed by atoms with Gasteiger partial charge in [-0.15, -0.1) is 11.3 Å². The number of nitrogens with zero attached hydrogens (tertiary/aromatic N) is 1. The van der Waals surface area contributed by atoms with E-state index in [-0.39, 0.29) is 12.4 Å². The SMILES string of the molecule is COCC(=O)CN(Cc1cccs1)C(C)C. The fraction of sp³-hybridized carbons (Fsp3) is 0.583. The van der Waals surface area contributed by atoms with Gasteiger partial charge >= 0.3 is 0 Å². The van der Waals surface area contributed by atoms with Gasteiger partial charge in [-0.2, -0.15) is 0 Å². The van der Waals surface area contributed by atoms with Crippen molar-refractivity contribution in [2.45, 2.75) is 26.4 Å². The predicted molar refractivity (Wildman–Crippen MR) is 66.7 cm³/mol. The van der Waals surface area contributed by atoms with Crippen molar-refractivity contribution in [2.24, 2.45) is 0 Å². The highest BCUT2D eigenvalue weighted by molar-refractivity contribution is 7.09. The van der Waals surface area contributed by atoms with Crippen molar-refractivity contribution in [1.29, 1.82) is 0 Å². The molecule has 1 heterocycles. The van der Waals surface area contributed by atoms with Crippen LogP contribution in [0.4, 0.5) is 0 Å². The molecule has 0 aliphatic carbocycles. The van der Waals surface area contributed by atoms with Crippen LogP contribution in [0.2, 0.25) is 0 Å². The Morgan fingerprint density at radius 3 is 2.81 bits per heavy atom. The van der Waals surface area contributed by atoms with Gasteiger partial charge in [0, 0.05) is 24.6 Å². The van der Waals surface area contributed by atoms with E-state index >= 15 is 0 Å². The summed E-state index contributed by atoms with van der Waals surface area (Å²) < 4.78 is 4.85. The van der Waals surface area contributed by atoms with E-state index in [4.69, 9.17) is 4.74 Å². The Morgan fingerprint density at radius 2 is 2.31 bits per heavy atom. The highest BCUT2D eigenvalue weighted by atomic mass is 32.1. The van der Waals surface area contributed by atoms with Gasteiger partial charge in [-0.1, -0.05) is 6.07 Å². The highest BCUT2D eigenvalue weighted by Gasteiger charge is 2.14. The number of carbonyl (C=O) groups excluding carboxylic acids is 1. The van der Waals surface area contributed by atoms with Crippen molar-refractivity contribution >= 4 is 17.1 Å². The van der Waals surface area contributed by atoms with Crippen LogP contribution in [0.5, 0.6) is 0 Å². The summed E-state index contributed by atoms with van der Waals surface area (Å²) in [7, 11) is 1.55. The molecule has 0 amide bonds. The lowest BCUT2D eigenvalue weighted by molar-refractivity contribution is -0.124. The van der Waals surface area contributed by atoms with Crippen molar-refractivity contribution in [3.8, 4) is 0 Å². The summed E-state index contributed by atoms with van der Waals surface area (Å²) >= 11 is 1.72. The standard InChI is InChI=1S/C12H19NO2S/c1-10(2)13(7-11(14)9-15-3)8-12-5-4-6-16-12/h4-6,10H,7-9H2,1-3H3. The van der Waals surface area contributed by atoms with Gasteiger partial charge in [0.25, 0.3) is 0 Å². The zero-order valence-electron chi connectivity index (χ0n) is 10.1. The first-order valence-corrected chi connectivity index (χ1v) is 6.28. The van der Waals surface area contributed by atoms with Gasteiger partial charge in [-0.05, 0) is 25.3 Å². The maximum atomic E-state index is 11.5. The minimum atomic E-state index is 0.132. The number of hydrogen-bond acceptors (Lipinski definition) is 4. The van der Waals surface area contributed by atoms with E-state index in [0.29, 0.717) is 12.6 Å². The van der Waals surface area contributed by atoms with E-state index in [1.165, 1.54) is 4.88 Å². The molecule has 1 rings (SSSR count). The lowest BCUT2D eigenvalue weighted by Gasteiger charge is -2.24. The minimum absolute atomic E-state index is 0.132. The predicted octanol–water partition coefficient (Wildman–Crippen LogP) is 2.17. The number of methoxy groups -OCH3 is 1. The van der Waals surface area contributed by atoms with Gasteiger partial charge in [-0.25, -0.2) is 0 Å². The molecule has 0 bridgehead atoms. The van der Waals surface area contributed by atoms with Crippen molar-refractivity contribution < 1.29 is 9.53 Å². The quantitative estimate of drug-likeness (QED) is 0.733. The number of Topliss-reactive ketones (excluding diaryl/α,β-unsaturated/α-hetero) is 1. The van der Waals surface area contributed by atoms with E-state index in [9.17, 15) is 4.79 Å². The average Bonchev–Trinajstić information content (AvgIpc) is 2.69. The summed E-state index contributed by atoms with van der Waals surface area (Å²) in [6.45, 7) is 5.71. The molecule has 0 radical (unpaired) electrons. The number of ketones is 1. The third kappa shape index (κ3) is 4.43. The van der Waals surface area contributed by atoms with Crippen molar-refractivity contribution in [3.05, 3.63) is 22.4 Å². The van der Waals surface area contributed by atoms with Gasteiger partial charge in [0.2, 0.25) is 0 Å². The number of thiophene rings is 1. The topological polar surface area (TPSA) is 29.5 Å². The molecule has 3 nitrogen and oxygen atoms in total. The molecule has 0 saturated heterocycles. The van der Waals surface area contributed by atoms with Gasteiger partial charge < -0.3 is 4.74 Å². The molecule has 0 atom stereocenters. The summed E-state index contributed by atoms with van der Waals surface area (Å²) in [5.41, 5.74) is 0. The summed E-state index contributed by atoms with van der Waals surface area (Å²) in [6.07, 6.45) is 0. The van der Waals surface area contributed by atoms with Crippen LogP contribution in [-0.2, 0) is 16.1 Å². The molecule has 0 fully saturated rings. The summed E-state index contributed by atoms with van der Waals surface area (Å²) in [5, 5.41) is 2.06. The Bertz CT molecular complexity index is 309. The molecule has 0 spiro atoms. The first kappa shape index (κ1) is 13.4. The highest BCUT2D eigenvalue weighted by Crippen LogP contribution is 2.13. The minimum Gasteiger partial charge on any atom is -0.377 e.